The maximum Gasteiger partial charge on any atom is 0.193 e. The molecule has 0 atom stereocenters. The first-order valence-electron chi connectivity index (χ1n) is 12.4. The average Bonchev–Trinajstić information content (AvgIpc) is 3.38. The minimum atomic E-state index is 0. The Morgan fingerprint density at radius 2 is 1.82 bits per heavy atom. The fourth-order valence-corrected chi connectivity index (χ4v) is 5.13. The maximum absolute atomic E-state index is 4.51. The molecule has 0 radical (unpaired) electrons. The number of aliphatic imine (C=N–C) groups is 1. The molecule has 1 aromatic carbocycles. The Morgan fingerprint density at radius 1 is 1.06 bits per heavy atom. The van der Waals surface area contributed by atoms with E-state index in [1.807, 2.05) is 7.05 Å². The normalized spacial score (nSPS) is 18.8. The molecule has 2 aliphatic heterocycles. The number of hydrogen-bond donors (Lipinski definition) is 2. The number of likely N-dealkylation sites (tertiary alicyclic amines) is 2. The molecule has 8 heteroatoms. The summed E-state index contributed by atoms with van der Waals surface area (Å²) in [6.07, 6.45) is 10.2. The number of benzene rings is 1. The molecule has 7 nitrogen and oxygen atoms in total. The molecule has 0 aliphatic carbocycles. The summed E-state index contributed by atoms with van der Waals surface area (Å²) < 4.78 is 0. The van der Waals surface area contributed by atoms with E-state index in [1.54, 1.807) is 6.33 Å². The van der Waals surface area contributed by atoms with Gasteiger partial charge in [0.1, 0.15) is 12.2 Å². The average molecular weight is 566 g/mol. The standard InChI is InChI=1S/C25H39N7.HI/c1-26-25(32-17-11-23(12-18-32)24-28-20-29-30-24)27-13-5-6-14-31-15-9-22(10-16-31)19-21-7-3-2-4-8-21;/h2-4,7-8,20,22-23H,5-6,9-19H2,1H3,(H,26,27)(H,28,29,30);1H. The largest absolute Gasteiger partial charge is 0.356 e. The van der Waals surface area contributed by atoms with E-state index in [0.29, 0.717) is 5.92 Å². The van der Waals surface area contributed by atoms with Crippen LogP contribution in [0.2, 0.25) is 0 Å². The number of aromatic amines is 1. The molecule has 2 saturated heterocycles. The summed E-state index contributed by atoms with van der Waals surface area (Å²) in [4.78, 5) is 13.9. The van der Waals surface area contributed by atoms with Gasteiger partial charge in [0.2, 0.25) is 0 Å². The zero-order valence-electron chi connectivity index (χ0n) is 20.0. The van der Waals surface area contributed by atoms with Crippen molar-refractivity contribution in [3.05, 3.63) is 48.0 Å². The Bertz CT molecular complexity index is 795. The molecular weight excluding hydrogens is 525 g/mol. The molecule has 0 unspecified atom stereocenters. The molecule has 0 saturated carbocycles. The zero-order chi connectivity index (χ0) is 22.0. The van der Waals surface area contributed by atoms with Crippen LogP contribution in [-0.2, 0) is 6.42 Å². The predicted molar refractivity (Wildman–Crippen MR) is 145 cm³/mol. The molecule has 2 fully saturated rings. The van der Waals surface area contributed by atoms with Crippen LogP contribution in [0, 0.1) is 5.92 Å². The van der Waals surface area contributed by atoms with Gasteiger partial charge < -0.3 is 15.1 Å². The van der Waals surface area contributed by atoms with Crippen LogP contribution in [0.25, 0.3) is 0 Å². The first kappa shape index (κ1) is 25.9. The van der Waals surface area contributed by atoms with Gasteiger partial charge in [-0.3, -0.25) is 10.1 Å². The summed E-state index contributed by atoms with van der Waals surface area (Å²) >= 11 is 0. The van der Waals surface area contributed by atoms with Crippen molar-refractivity contribution >= 4 is 29.9 Å². The first-order valence-corrected chi connectivity index (χ1v) is 12.4. The van der Waals surface area contributed by atoms with Crippen LogP contribution in [0.15, 0.2) is 41.7 Å². The van der Waals surface area contributed by atoms with Crippen molar-refractivity contribution in [3.63, 3.8) is 0 Å². The van der Waals surface area contributed by atoms with Gasteiger partial charge in [-0.25, -0.2) is 4.98 Å². The number of H-pyrrole nitrogens is 1. The maximum atomic E-state index is 4.51. The highest BCUT2D eigenvalue weighted by atomic mass is 127. The van der Waals surface area contributed by atoms with Crippen LogP contribution in [0.3, 0.4) is 0 Å². The van der Waals surface area contributed by atoms with Crippen molar-refractivity contribution in [2.45, 2.75) is 50.9 Å². The van der Waals surface area contributed by atoms with E-state index < -0.39 is 0 Å². The van der Waals surface area contributed by atoms with Gasteiger partial charge >= 0.3 is 0 Å². The van der Waals surface area contributed by atoms with Gasteiger partial charge in [-0.2, -0.15) is 5.10 Å². The Balaban J connectivity index is 0.00000306. The molecule has 2 aromatic rings. The van der Waals surface area contributed by atoms with E-state index in [9.17, 15) is 0 Å². The third kappa shape index (κ3) is 7.95. The van der Waals surface area contributed by atoms with Crippen molar-refractivity contribution in [3.8, 4) is 0 Å². The van der Waals surface area contributed by atoms with Crippen molar-refractivity contribution in [1.29, 1.82) is 0 Å². The van der Waals surface area contributed by atoms with Gasteiger partial charge in [0.25, 0.3) is 0 Å². The Morgan fingerprint density at radius 3 is 2.48 bits per heavy atom. The van der Waals surface area contributed by atoms with E-state index in [1.165, 1.54) is 57.3 Å². The second-order valence-corrected chi connectivity index (χ2v) is 9.29. The van der Waals surface area contributed by atoms with Crippen molar-refractivity contribution in [2.75, 3.05) is 46.3 Å². The third-order valence-corrected chi connectivity index (χ3v) is 7.09. The quantitative estimate of drug-likeness (QED) is 0.220. The summed E-state index contributed by atoms with van der Waals surface area (Å²) in [5, 5.41) is 10.6. The molecule has 2 aliphatic rings. The number of nitrogens with zero attached hydrogens (tertiary/aromatic N) is 5. The molecule has 0 bridgehead atoms. The van der Waals surface area contributed by atoms with Crippen LogP contribution in [-0.4, -0.2) is 77.3 Å². The Labute approximate surface area is 215 Å². The lowest BCUT2D eigenvalue weighted by molar-refractivity contribution is 0.181. The fourth-order valence-electron chi connectivity index (χ4n) is 5.13. The van der Waals surface area contributed by atoms with Gasteiger partial charge in [-0.15, -0.1) is 24.0 Å². The fraction of sp³-hybridized carbons (Fsp3) is 0.640. The van der Waals surface area contributed by atoms with Crippen LogP contribution in [0.1, 0.15) is 55.8 Å². The summed E-state index contributed by atoms with van der Waals surface area (Å²) in [5.41, 5.74) is 1.49. The van der Waals surface area contributed by atoms with Crippen LogP contribution >= 0.6 is 24.0 Å². The molecular formula is C25H40IN7. The van der Waals surface area contributed by atoms with Gasteiger partial charge in [0, 0.05) is 32.6 Å². The second kappa shape index (κ2) is 13.9. The van der Waals surface area contributed by atoms with Gasteiger partial charge in [-0.05, 0) is 76.1 Å². The molecule has 182 valence electrons. The highest BCUT2D eigenvalue weighted by Gasteiger charge is 2.24. The monoisotopic (exact) mass is 565 g/mol. The van der Waals surface area contributed by atoms with E-state index in [0.717, 1.165) is 50.2 Å². The molecule has 33 heavy (non-hydrogen) atoms. The smallest absolute Gasteiger partial charge is 0.193 e. The summed E-state index contributed by atoms with van der Waals surface area (Å²) in [7, 11) is 1.89. The number of halogens is 1. The third-order valence-electron chi connectivity index (χ3n) is 7.09. The summed E-state index contributed by atoms with van der Waals surface area (Å²) in [6, 6.07) is 11.0. The Hall–Kier alpha value is -1.68. The van der Waals surface area contributed by atoms with Crippen molar-refractivity contribution in [2.24, 2.45) is 10.9 Å². The topological polar surface area (TPSA) is 72.4 Å². The molecule has 4 rings (SSSR count). The van der Waals surface area contributed by atoms with E-state index in [2.05, 4.69) is 65.6 Å². The summed E-state index contributed by atoms with van der Waals surface area (Å²) in [6.45, 7) is 6.77. The Kier molecular flexibility index (Phi) is 10.9. The van der Waals surface area contributed by atoms with E-state index in [4.69, 9.17) is 0 Å². The predicted octanol–water partition coefficient (Wildman–Crippen LogP) is 3.91. The van der Waals surface area contributed by atoms with Gasteiger partial charge in [0.15, 0.2) is 5.96 Å². The van der Waals surface area contributed by atoms with Crippen LogP contribution in [0.5, 0.6) is 0 Å². The molecule has 1 aromatic heterocycles. The SMILES string of the molecule is CN=C(NCCCCN1CCC(Cc2ccccc2)CC1)N1CCC(c2ncn[nH]2)CC1.I. The van der Waals surface area contributed by atoms with Crippen LogP contribution < -0.4 is 5.32 Å². The van der Waals surface area contributed by atoms with E-state index >= 15 is 0 Å². The highest BCUT2D eigenvalue weighted by molar-refractivity contribution is 14.0. The number of rotatable bonds is 8. The molecule has 0 amide bonds. The second-order valence-electron chi connectivity index (χ2n) is 9.29. The van der Waals surface area contributed by atoms with E-state index in [-0.39, 0.29) is 24.0 Å². The zero-order valence-corrected chi connectivity index (χ0v) is 22.3. The molecule has 3 heterocycles. The lowest BCUT2D eigenvalue weighted by Gasteiger charge is -2.33. The number of aromatic nitrogens is 3. The minimum Gasteiger partial charge on any atom is -0.356 e. The highest BCUT2D eigenvalue weighted by Crippen LogP contribution is 2.25. The number of guanidine groups is 1. The molecule has 2 N–H and O–H groups in total. The lowest BCUT2D eigenvalue weighted by Crippen LogP contribution is -2.45. The van der Waals surface area contributed by atoms with Crippen molar-refractivity contribution in [1.82, 2.24) is 30.3 Å². The van der Waals surface area contributed by atoms with Gasteiger partial charge in [-0.1, -0.05) is 30.3 Å². The van der Waals surface area contributed by atoms with Crippen LogP contribution in [0.4, 0.5) is 0 Å². The summed E-state index contributed by atoms with van der Waals surface area (Å²) in [5.74, 6) is 3.41. The molecule has 0 spiro atoms. The lowest BCUT2D eigenvalue weighted by atomic mass is 9.90. The number of unbranched alkanes of at least 4 members (excludes halogenated alkanes) is 1. The number of hydrogen-bond acceptors (Lipinski definition) is 4. The number of piperidine rings is 2. The van der Waals surface area contributed by atoms with Crippen molar-refractivity contribution < 1.29 is 0 Å². The minimum absolute atomic E-state index is 0. The number of nitrogens with one attached hydrogen (secondary N) is 2. The van der Waals surface area contributed by atoms with Gasteiger partial charge in [0.05, 0.1) is 0 Å². The first-order chi connectivity index (χ1) is 15.8.